The van der Waals surface area contributed by atoms with Crippen LogP contribution >= 0.6 is 0 Å². The lowest BCUT2D eigenvalue weighted by molar-refractivity contribution is 0.407. The molecule has 0 amide bonds. The molecule has 0 heterocycles. The molecule has 0 bridgehead atoms. The fraction of sp³-hybridized carbons (Fsp3) is 0.500. The minimum absolute atomic E-state index is 0.687. The standard InChI is InChI=1S/C12H18N2O/c1-8-5-11(8)14-7-9-3-4-10(13)6-12(9)15-2/h3-4,6,8,11,14H,5,7,13H2,1-2H3. The van der Waals surface area contributed by atoms with Gasteiger partial charge in [0.25, 0.3) is 0 Å². The van der Waals surface area contributed by atoms with Crippen molar-refractivity contribution in [3.63, 3.8) is 0 Å². The lowest BCUT2D eigenvalue weighted by atomic mass is 10.2. The first-order chi connectivity index (χ1) is 7.20. The Hall–Kier alpha value is -1.22. The average molecular weight is 206 g/mol. The molecule has 0 aromatic heterocycles. The molecule has 1 fully saturated rings. The molecule has 1 aliphatic rings. The van der Waals surface area contributed by atoms with E-state index in [-0.39, 0.29) is 0 Å². The number of benzene rings is 1. The average Bonchev–Trinajstić information content (AvgIpc) is 2.92. The number of ether oxygens (including phenoxy) is 1. The summed E-state index contributed by atoms with van der Waals surface area (Å²) in [5, 5.41) is 3.50. The van der Waals surface area contributed by atoms with Crippen LogP contribution in [0.15, 0.2) is 18.2 Å². The van der Waals surface area contributed by atoms with Crippen LogP contribution in [0.5, 0.6) is 5.75 Å². The maximum absolute atomic E-state index is 5.69. The maximum Gasteiger partial charge on any atom is 0.125 e. The zero-order valence-electron chi connectivity index (χ0n) is 9.29. The molecule has 2 unspecified atom stereocenters. The zero-order chi connectivity index (χ0) is 10.8. The smallest absolute Gasteiger partial charge is 0.125 e. The quantitative estimate of drug-likeness (QED) is 0.738. The Kier molecular flexibility index (Phi) is 2.82. The number of anilines is 1. The third kappa shape index (κ3) is 2.42. The van der Waals surface area contributed by atoms with Gasteiger partial charge in [-0.05, 0) is 18.4 Å². The first-order valence-corrected chi connectivity index (χ1v) is 5.36. The number of rotatable bonds is 4. The third-order valence-corrected chi connectivity index (χ3v) is 2.98. The summed E-state index contributed by atoms with van der Waals surface area (Å²) in [6.45, 7) is 3.12. The number of hydrogen-bond acceptors (Lipinski definition) is 3. The van der Waals surface area contributed by atoms with Crippen LogP contribution in [0.1, 0.15) is 18.9 Å². The van der Waals surface area contributed by atoms with Gasteiger partial charge in [-0.3, -0.25) is 0 Å². The second-order valence-electron chi connectivity index (χ2n) is 4.27. The molecule has 0 aliphatic heterocycles. The van der Waals surface area contributed by atoms with Gasteiger partial charge in [0.1, 0.15) is 5.75 Å². The van der Waals surface area contributed by atoms with E-state index in [1.807, 2.05) is 18.2 Å². The Morgan fingerprint density at radius 2 is 2.27 bits per heavy atom. The molecule has 3 N–H and O–H groups in total. The summed E-state index contributed by atoms with van der Waals surface area (Å²) in [5.41, 5.74) is 7.61. The summed E-state index contributed by atoms with van der Waals surface area (Å²) in [6, 6.07) is 6.49. The van der Waals surface area contributed by atoms with Crippen LogP contribution in [0.25, 0.3) is 0 Å². The van der Waals surface area contributed by atoms with Gasteiger partial charge < -0.3 is 15.8 Å². The largest absolute Gasteiger partial charge is 0.496 e. The van der Waals surface area contributed by atoms with Crippen LogP contribution in [0.3, 0.4) is 0 Å². The molecule has 1 saturated carbocycles. The molecule has 1 aromatic carbocycles. The number of nitrogens with two attached hydrogens (primary N) is 1. The van der Waals surface area contributed by atoms with Crippen LogP contribution in [-0.4, -0.2) is 13.2 Å². The fourth-order valence-electron chi connectivity index (χ4n) is 1.75. The molecule has 15 heavy (non-hydrogen) atoms. The first-order valence-electron chi connectivity index (χ1n) is 5.36. The number of methoxy groups -OCH3 is 1. The van der Waals surface area contributed by atoms with Crippen LogP contribution < -0.4 is 15.8 Å². The molecule has 3 heteroatoms. The molecule has 0 saturated heterocycles. The lowest BCUT2D eigenvalue weighted by Crippen LogP contribution is -2.17. The minimum Gasteiger partial charge on any atom is -0.496 e. The minimum atomic E-state index is 0.687. The van der Waals surface area contributed by atoms with Crippen molar-refractivity contribution in [2.24, 2.45) is 5.92 Å². The summed E-state index contributed by atoms with van der Waals surface area (Å²) in [6.07, 6.45) is 1.29. The second-order valence-corrected chi connectivity index (χ2v) is 4.27. The predicted octanol–water partition coefficient (Wildman–Crippen LogP) is 1.78. The van der Waals surface area contributed by atoms with Crippen LogP contribution in [0, 0.1) is 5.92 Å². The Labute approximate surface area is 90.6 Å². The van der Waals surface area contributed by atoms with Gasteiger partial charge in [-0.1, -0.05) is 13.0 Å². The number of nitrogen functional groups attached to an aromatic ring is 1. The predicted molar refractivity (Wildman–Crippen MR) is 61.8 cm³/mol. The molecule has 3 nitrogen and oxygen atoms in total. The Balaban J connectivity index is 2.00. The first kappa shape index (κ1) is 10.3. The van der Waals surface area contributed by atoms with Crippen molar-refractivity contribution in [1.29, 1.82) is 0 Å². The molecular weight excluding hydrogens is 188 g/mol. The van der Waals surface area contributed by atoms with Crippen LogP contribution in [0.2, 0.25) is 0 Å². The lowest BCUT2D eigenvalue weighted by Gasteiger charge is -2.10. The highest BCUT2D eigenvalue weighted by Crippen LogP contribution is 2.30. The van der Waals surface area contributed by atoms with Crippen molar-refractivity contribution >= 4 is 5.69 Å². The van der Waals surface area contributed by atoms with E-state index in [9.17, 15) is 0 Å². The zero-order valence-corrected chi connectivity index (χ0v) is 9.29. The monoisotopic (exact) mass is 206 g/mol. The van der Waals surface area contributed by atoms with Gasteiger partial charge >= 0.3 is 0 Å². The summed E-state index contributed by atoms with van der Waals surface area (Å²) in [5.74, 6) is 1.69. The van der Waals surface area contributed by atoms with Crippen molar-refractivity contribution < 1.29 is 4.74 Å². The summed E-state index contributed by atoms with van der Waals surface area (Å²) in [7, 11) is 1.68. The van der Waals surface area contributed by atoms with Crippen molar-refractivity contribution in [2.45, 2.75) is 25.9 Å². The van der Waals surface area contributed by atoms with Crippen molar-refractivity contribution in [2.75, 3.05) is 12.8 Å². The van der Waals surface area contributed by atoms with E-state index in [4.69, 9.17) is 10.5 Å². The van der Waals surface area contributed by atoms with E-state index in [0.29, 0.717) is 6.04 Å². The topological polar surface area (TPSA) is 47.3 Å². The SMILES string of the molecule is COc1cc(N)ccc1CNC1CC1C. The van der Waals surface area contributed by atoms with Crippen molar-refractivity contribution in [3.8, 4) is 5.75 Å². The highest BCUT2D eigenvalue weighted by molar-refractivity contribution is 5.48. The Bertz CT molecular complexity index is 351. The Morgan fingerprint density at radius 3 is 2.87 bits per heavy atom. The summed E-state index contributed by atoms with van der Waals surface area (Å²) in [4.78, 5) is 0. The van der Waals surface area contributed by atoms with Crippen molar-refractivity contribution in [1.82, 2.24) is 5.32 Å². The molecule has 1 aromatic rings. The van der Waals surface area contributed by atoms with Gasteiger partial charge in [0.05, 0.1) is 7.11 Å². The summed E-state index contributed by atoms with van der Waals surface area (Å²) >= 11 is 0. The molecule has 2 rings (SSSR count). The van der Waals surface area contributed by atoms with Crippen LogP contribution in [0.4, 0.5) is 5.69 Å². The molecule has 0 radical (unpaired) electrons. The Morgan fingerprint density at radius 1 is 1.53 bits per heavy atom. The van der Waals surface area contributed by atoms with E-state index >= 15 is 0 Å². The van der Waals surface area contributed by atoms with Gasteiger partial charge in [0.2, 0.25) is 0 Å². The number of nitrogens with one attached hydrogen (secondary N) is 1. The third-order valence-electron chi connectivity index (χ3n) is 2.98. The molecule has 2 atom stereocenters. The highest BCUT2D eigenvalue weighted by Gasteiger charge is 2.31. The summed E-state index contributed by atoms with van der Waals surface area (Å²) < 4.78 is 5.29. The maximum atomic E-state index is 5.69. The highest BCUT2D eigenvalue weighted by atomic mass is 16.5. The van der Waals surface area contributed by atoms with Gasteiger partial charge in [0, 0.05) is 29.9 Å². The van der Waals surface area contributed by atoms with Gasteiger partial charge in [-0.15, -0.1) is 0 Å². The molecule has 82 valence electrons. The molecule has 1 aliphatic carbocycles. The number of hydrogen-bond donors (Lipinski definition) is 2. The van der Waals surface area contributed by atoms with Gasteiger partial charge in [0.15, 0.2) is 0 Å². The van der Waals surface area contributed by atoms with E-state index in [1.54, 1.807) is 7.11 Å². The molecular formula is C12H18N2O. The van der Waals surface area contributed by atoms with Crippen LogP contribution in [-0.2, 0) is 6.54 Å². The normalized spacial score (nSPS) is 23.9. The van der Waals surface area contributed by atoms with E-state index in [0.717, 1.165) is 23.9 Å². The van der Waals surface area contributed by atoms with E-state index in [2.05, 4.69) is 12.2 Å². The molecule has 0 spiro atoms. The van der Waals surface area contributed by atoms with E-state index in [1.165, 1.54) is 12.0 Å². The van der Waals surface area contributed by atoms with Crippen molar-refractivity contribution in [3.05, 3.63) is 23.8 Å². The van der Waals surface area contributed by atoms with Gasteiger partial charge in [-0.2, -0.15) is 0 Å². The van der Waals surface area contributed by atoms with E-state index < -0.39 is 0 Å². The second kappa shape index (κ2) is 4.11. The van der Waals surface area contributed by atoms with Gasteiger partial charge in [-0.25, -0.2) is 0 Å². The fourth-order valence-corrected chi connectivity index (χ4v) is 1.75.